The Morgan fingerprint density at radius 3 is 1.50 bits per heavy atom. The van der Waals surface area contributed by atoms with E-state index in [1.807, 2.05) is 0 Å². The summed E-state index contributed by atoms with van der Waals surface area (Å²) in [6.45, 7) is 0. The molecular formula is C6H9ClN4O6S3. The van der Waals surface area contributed by atoms with E-state index < -0.39 is 55.5 Å². The van der Waals surface area contributed by atoms with Crippen LogP contribution in [0.1, 0.15) is 0 Å². The Balaban J connectivity index is 4.18. The van der Waals surface area contributed by atoms with Gasteiger partial charge in [-0.25, -0.2) is 40.7 Å². The molecule has 0 saturated heterocycles. The zero-order valence-corrected chi connectivity index (χ0v) is 12.6. The van der Waals surface area contributed by atoms with Crippen LogP contribution in [0.2, 0.25) is 5.02 Å². The van der Waals surface area contributed by atoms with E-state index >= 15 is 0 Å². The molecule has 0 amide bonds. The Bertz CT molecular complexity index is 833. The van der Waals surface area contributed by atoms with Gasteiger partial charge in [-0.15, -0.1) is 0 Å². The minimum absolute atomic E-state index is 0.455. The predicted molar refractivity (Wildman–Crippen MR) is 70.0 cm³/mol. The van der Waals surface area contributed by atoms with E-state index in [4.69, 9.17) is 32.8 Å². The van der Waals surface area contributed by atoms with E-state index in [1.54, 1.807) is 0 Å². The van der Waals surface area contributed by atoms with Crippen molar-refractivity contribution >= 4 is 47.4 Å². The van der Waals surface area contributed by atoms with Crippen LogP contribution in [0.3, 0.4) is 0 Å². The molecule has 0 radical (unpaired) electrons. The number of benzene rings is 1. The monoisotopic (exact) mass is 364 g/mol. The summed E-state index contributed by atoms with van der Waals surface area (Å²) in [5.41, 5.74) is 4.43. The Kier molecular flexibility index (Phi) is 4.10. The van der Waals surface area contributed by atoms with Crippen LogP contribution in [0.15, 0.2) is 20.8 Å². The number of hydrogen-bond donors (Lipinski definition) is 4. The van der Waals surface area contributed by atoms with Crippen LogP contribution in [0.5, 0.6) is 0 Å². The van der Waals surface area contributed by atoms with Gasteiger partial charge in [0.2, 0.25) is 30.1 Å². The fourth-order valence-electron chi connectivity index (χ4n) is 1.32. The van der Waals surface area contributed by atoms with E-state index in [9.17, 15) is 25.3 Å². The summed E-state index contributed by atoms with van der Waals surface area (Å²) >= 11 is 5.57. The standard InChI is InChI=1S/C6H9ClN4O6S3/c7-4-2(18(9,12)13)1-3(19(10,14)15)5(8)6(4)20(11,16)17/h1H,8H2,(H2,9,12,13)(H2,10,14,15)(H2,11,16,17). The van der Waals surface area contributed by atoms with Crippen LogP contribution in [0.4, 0.5) is 5.69 Å². The van der Waals surface area contributed by atoms with E-state index in [0.29, 0.717) is 6.07 Å². The minimum atomic E-state index is -4.63. The largest absolute Gasteiger partial charge is 0.396 e. The lowest BCUT2D eigenvalue weighted by Gasteiger charge is -2.13. The lowest BCUT2D eigenvalue weighted by Crippen LogP contribution is -2.23. The maximum Gasteiger partial charge on any atom is 0.241 e. The number of sulfonamides is 3. The fourth-order valence-corrected chi connectivity index (χ4v) is 4.43. The van der Waals surface area contributed by atoms with Gasteiger partial charge in [0.25, 0.3) is 0 Å². The Morgan fingerprint density at radius 2 is 1.20 bits per heavy atom. The quantitative estimate of drug-likeness (QED) is 0.437. The van der Waals surface area contributed by atoms with Gasteiger partial charge in [0.05, 0.1) is 10.7 Å². The van der Waals surface area contributed by atoms with Crippen LogP contribution >= 0.6 is 11.6 Å². The SMILES string of the molecule is Nc1c(S(N)(=O)=O)cc(S(N)(=O)=O)c(Cl)c1S(N)(=O)=O. The smallest absolute Gasteiger partial charge is 0.241 e. The zero-order chi connectivity index (χ0) is 16.1. The Labute approximate surface area is 119 Å². The molecule has 0 aliphatic rings. The topological polar surface area (TPSA) is 206 Å². The van der Waals surface area contributed by atoms with Crippen molar-refractivity contribution in [3.8, 4) is 0 Å². The molecule has 1 rings (SSSR count). The van der Waals surface area contributed by atoms with Gasteiger partial charge in [0, 0.05) is 0 Å². The zero-order valence-electron chi connectivity index (χ0n) is 9.44. The number of nitrogens with two attached hydrogens (primary N) is 4. The van der Waals surface area contributed by atoms with E-state index in [0.717, 1.165) is 0 Å². The van der Waals surface area contributed by atoms with Crippen LogP contribution < -0.4 is 21.2 Å². The molecule has 1 aromatic carbocycles. The Morgan fingerprint density at radius 1 is 0.800 bits per heavy atom. The molecule has 0 fully saturated rings. The van der Waals surface area contributed by atoms with Gasteiger partial charge in [-0.1, -0.05) is 11.6 Å². The average Bonchev–Trinajstić information content (AvgIpc) is 2.10. The minimum Gasteiger partial charge on any atom is -0.396 e. The normalized spacial score (nSPS) is 13.4. The highest BCUT2D eigenvalue weighted by atomic mass is 35.5. The highest BCUT2D eigenvalue weighted by molar-refractivity contribution is 7.91. The van der Waals surface area contributed by atoms with Gasteiger partial charge < -0.3 is 5.73 Å². The first-order valence-corrected chi connectivity index (χ1v) is 9.39. The van der Waals surface area contributed by atoms with E-state index in [1.165, 1.54) is 0 Å². The lowest BCUT2D eigenvalue weighted by molar-refractivity contribution is 0.594. The summed E-state index contributed by atoms with van der Waals surface area (Å²) in [6.07, 6.45) is 0. The van der Waals surface area contributed by atoms with Gasteiger partial charge >= 0.3 is 0 Å². The van der Waals surface area contributed by atoms with Crippen LogP contribution in [0.25, 0.3) is 0 Å². The number of nitrogen functional groups attached to an aromatic ring is 1. The molecule has 0 heterocycles. The second-order valence-corrected chi connectivity index (χ2v) is 8.50. The molecule has 0 atom stereocenters. The molecule has 0 aliphatic heterocycles. The molecule has 0 aromatic heterocycles. The molecule has 0 bridgehead atoms. The fraction of sp³-hybridized carbons (Fsp3) is 0. The summed E-state index contributed by atoms with van der Waals surface area (Å²) in [5.74, 6) is 0. The first kappa shape index (κ1) is 17.1. The van der Waals surface area contributed by atoms with Gasteiger partial charge in [0.15, 0.2) is 0 Å². The maximum absolute atomic E-state index is 11.4. The van der Waals surface area contributed by atoms with Crippen LogP contribution in [-0.2, 0) is 30.1 Å². The molecule has 10 nitrogen and oxygen atoms in total. The summed E-state index contributed by atoms with van der Waals surface area (Å²) in [6, 6.07) is 0.455. The van der Waals surface area contributed by atoms with Crippen LogP contribution in [-0.4, -0.2) is 25.3 Å². The number of anilines is 1. The van der Waals surface area contributed by atoms with Crippen molar-refractivity contribution in [2.75, 3.05) is 5.73 Å². The Hall–Kier alpha value is -0.960. The van der Waals surface area contributed by atoms with Crippen molar-refractivity contribution in [2.45, 2.75) is 14.7 Å². The van der Waals surface area contributed by atoms with Crippen molar-refractivity contribution in [3.63, 3.8) is 0 Å². The molecule has 20 heavy (non-hydrogen) atoms. The van der Waals surface area contributed by atoms with Gasteiger partial charge in [-0.3, -0.25) is 0 Å². The number of rotatable bonds is 3. The van der Waals surface area contributed by atoms with Gasteiger partial charge in [-0.2, -0.15) is 0 Å². The van der Waals surface area contributed by atoms with Gasteiger partial charge in [-0.05, 0) is 6.07 Å². The lowest BCUT2D eigenvalue weighted by atomic mass is 10.3. The second-order valence-electron chi connectivity index (χ2n) is 3.56. The van der Waals surface area contributed by atoms with Crippen molar-refractivity contribution in [3.05, 3.63) is 11.1 Å². The number of hydrogen-bond acceptors (Lipinski definition) is 7. The average molecular weight is 365 g/mol. The molecule has 0 aliphatic carbocycles. The highest BCUT2D eigenvalue weighted by Gasteiger charge is 2.30. The summed E-state index contributed by atoms with van der Waals surface area (Å²) < 4.78 is 68.0. The first-order chi connectivity index (χ1) is 8.67. The maximum atomic E-state index is 11.4. The van der Waals surface area contributed by atoms with Crippen molar-refractivity contribution in [2.24, 2.45) is 15.4 Å². The van der Waals surface area contributed by atoms with Gasteiger partial charge in [0.1, 0.15) is 14.7 Å². The molecule has 14 heteroatoms. The second kappa shape index (κ2) is 4.80. The van der Waals surface area contributed by atoms with Crippen LogP contribution in [0, 0.1) is 0 Å². The molecular weight excluding hydrogens is 356 g/mol. The highest BCUT2D eigenvalue weighted by Crippen LogP contribution is 2.36. The van der Waals surface area contributed by atoms with Crippen molar-refractivity contribution in [1.82, 2.24) is 0 Å². The molecule has 0 spiro atoms. The van der Waals surface area contributed by atoms with E-state index in [2.05, 4.69) is 0 Å². The summed E-state index contributed by atoms with van der Waals surface area (Å²) in [4.78, 5) is -3.05. The van der Waals surface area contributed by atoms with Crippen molar-refractivity contribution in [1.29, 1.82) is 0 Å². The predicted octanol–water partition coefficient (Wildman–Crippen LogP) is -2.14. The molecule has 114 valence electrons. The molecule has 0 saturated carbocycles. The third-order valence-electron chi connectivity index (χ3n) is 2.09. The third-order valence-corrected chi connectivity index (χ3v) is 5.58. The van der Waals surface area contributed by atoms with E-state index in [-0.39, 0.29) is 0 Å². The molecule has 8 N–H and O–H groups in total. The van der Waals surface area contributed by atoms with Crippen molar-refractivity contribution < 1.29 is 25.3 Å². The summed E-state index contributed by atoms with van der Waals surface area (Å²) in [7, 11) is -13.7. The number of halogens is 1. The molecule has 0 unspecified atom stereocenters. The first-order valence-electron chi connectivity index (χ1n) is 4.37. The number of primary sulfonamides is 3. The molecule has 1 aromatic rings. The third kappa shape index (κ3) is 3.20. The summed E-state index contributed by atoms with van der Waals surface area (Å²) in [5, 5.41) is 13.5.